The van der Waals surface area contributed by atoms with E-state index in [1.807, 2.05) is 11.9 Å². The Morgan fingerprint density at radius 2 is 2.07 bits per heavy atom. The van der Waals surface area contributed by atoms with Crippen LogP contribution in [0, 0.1) is 0 Å². The second kappa shape index (κ2) is 7.88. The summed E-state index contributed by atoms with van der Waals surface area (Å²) in [7, 11) is 2.03. The molecule has 2 N–H and O–H groups in total. The fourth-order valence-corrected chi connectivity index (χ4v) is 5.83. The molecule has 0 radical (unpaired) electrons. The van der Waals surface area contributed by atoms with Crippen molar-refractivity contribution in [3.63, 3.8) is 0 Å². The maximum atomic E-state index is 12.9. The SMILES string of the molecule is CN1CCOC(C(=O)N2CCC3(CC2)OCCc2sc(-c4cnc(N)cn4)cc23)C1. The molecule has 8 nitrogen and oxygen atoms in total. The summed E-state index contributed by atoms with van der Waals surface area (Å²) < 4.78 is 12.1. The zero-order chi connectivity index (χ0) is 20.7. The molecule has 2 aromatic heterocycles. The van der Waals surface area contributed by atoms with Gasteiger partial charge in [-0.15, -0.1) is 11.3 Å². The van der Waals surface area contributed by atoms with Crippen LogP contribution in [0.1, 0.15) is 23.3 Å². The molecule has 5 rings (SSSR count). The number of carbonyl (C=O) groups is 1. The van der Waals surface area contributed by atoms with Crippen LogP contribution in [0.15, 0.2) is 18.5 Å². The molecule has 9 heteroatoms. The summed E-state index contributed by atoms with van der Waals surface area (Å²) in [6.45, 7) is 4.25. The van der Waals surface area contributed by atoms with Crippen molar-refractivity contribution in [1.29, 1.82) is 0 Å². The van der Waals surface area contributed by atoms with Gasteiger partial charge in [-0.25, -0.2) is 9.97 Å². The van der Waals surface area contributed by atoms with E-state index < -0.39 is 0 Å². The normalized spacial score (nSPS) is 24.0. The van der Waals surface area contributed by atoms with Gasteiger partial charge in [0.05, 0.1) is 41.8 Å². The number of likely N-dealkylation sites (tertiary alicyclic amines) is 1. The fourth-order valence-electron chi connectivity index (χ4n) is 4.64. The molecule has 0 bridgehead atoms. The van der Waals surface area contributed by atoms with E-state index in [0.29, 0.717) is 38.7 Å². The molecular weight excluding hydrogens is 402 g/mol. The number of fused-ring (bicyclic) bond motifs is 2. The van der Waals surface area contributed by atoms with E-state index in [2.05, 4.69) is 20.9 Å². The lowest BCUT2D eigenvalue weighted by atomic mass is 9.82. The largest absolute Gasteiger partial charge is 0.382 e. The number of carbonyl (C=O) groups excluding carboxylic acids is 1. The Morgan fingerprint density at radius 1 is 1.23 bits per heavy atom. The Labute approximate surface area is 180 Å². The molecule has 0 aliphatic carbocycles. The molecule has 5 heterocycles. The van der Waals surface area contributed by atoms with Gasteiger partial charge in [-0.3, -0.25) is 4.79 Å². The van der Waals surface area contributed by atoms with Crippen LogP contribution in [0.4, 0.5) is 5.82 Å². The highest BCUT2D eigenvalue weighted by Crippen LogP contribution is 2.46. The van der Waals surface area contributed by atoms with Crippen LogP contribution < -0.4 is 5.73 Å². The topological polar surface area (TPSA) is 93.8 Å². The smallest absolute Gasteiger partial charge is 0.253 e. The van der Waals surface area contributed by atoms with E-state index in [1.165, 1.54) is 10.4 Å². The molecule has 3 aliphatic rings. The summed E-state index contributed by atoms with van der Waals surface area (Å²) in [6.07, 6.45) is 5.49. The Kier molecular flexibility index (Phi) is 5.22. The number of hydrogen-bond donors (Lipinski definition) is 1. The summed E-state index contributed by atoms with van der Waals surface area (Å²) in [5, 5.41) is 0. The zero-order valence-corrected chi connectivity index (χ0v) is 18.0. The predicted octanol–water partition coefficient (Wildman–Crippen LogP) is 1.51. The maximum Gasteiger partial charge on any atom is 0.253 e. The quantitative estimate of drug-likeness (QED) is 0.773. The molecule has 1 unspecified atom stereocenters. The van der Waals surface area contributed by atoms with Crippen LogP contribution in [-0.4, -0.2) is 78.2 Å². The average molecular weight is 430 g/mol. The Bertz CT molecular complexity index is 923. The summed E-state index contributed by atoms with van der Waals surface area (Å²) in [5.74, 6) is 0.528. The summed E-state index contributed by atoms with van der Waals surface area (Å²) >= 11 is 1.76. The second-order valence-corrected chi connectivity index (χ2v) is 9.45. The van der Waals surface area contributed by atoms with Gasteiger partial charge < -0.3 is 25.0 Å². The Balaban J connectivity index is 1.33. The second-order valence-electron chi connectivity index (χ2n) is 8.31. The van der Waals surface area contributed by atoms with Crippen molar-refractivity contribution in [3.8, 4) is 10.6 Å². The highest BCUT2D eigenvalue weighted by molar-refractivity contribution is 7.15. The maximum absolute atomic E-state index is 12.9. The average Bonchev–Trinajstić information content (AvgIpc) is 3.20. The summed E-state index contributed by atoms with van der Waals surface area (Å²) in [4.78, 5) is 28.1. The number of nitrogens with zero attached hydrogens (tertiary/aromatic N) is 4. The van der Waals surface area contributed by atoms with Gasteiger partial charge in [0.15, 0.2) is 0 Å². The molecule has 30 heavy (non-hydrogen) atoms. The first-order chi connectivity index (χ1) is 14.5. The third kappa shape index (κ3) is 3.60. The number of nitrogen functional groups attached to an aromatic ring is 1. The van der Waals surface area contributed by atoms with Gasteiger partial charge in [0.2, 0.25) is 0 Å². The molecular formula is C21H27N5O3S. The lowest BCUT2D eigenvalue weighted by Gasteiger charge is -2.45. The van der Waals surface area contributed by atoms with E-state index >= 15 is 0 Å². The van der Waals surface area contributed by atoms with Crippen LogP contribution in [0.25, 0.3) is 10.6 Å². The molecule has 3 aliphatic heterocycles. The van der Waals surface area contributed by atoms with Gasteiger partial charge in [-0.05, 0) is 31.5 Å². The van der Waals surface area contributed by atoms with Crippen molar-refractivity contribution in [2.24, 2.45) is 0 Å². The first-order valence-corrected chi connectivity index (χ1v) is 11.3. The number of rotatable bonds is 2. The Hall–Kier alpha value is -2.07. The van der Waals surface area contributed by atoms with Crippen LogP contribution in [0.5, 0.6) is 0 Å². The van der Waals surface area contributed by atoms with Crippen molar-refractivity contribution in [1.82, 2.24) is 19.8 Å². The van der Waals surface area contributed by atoms with Crippen molar-refractivity contribution in [2.75, 3.05) is 52.2 Å². The number of amides is 1. The minimum Gasteiger partial charge on any atom is -0.382 e. The van der Waals surface area contributed by atoms with Gasteiger partial charge >= 0.3 is 0 Å². The molecule has 2 saturated heterocycles. The van der Waals surface area contributed by atoms with E-state index in [9.17, 15) is 4.79 Å². The van der Waals surface area contributed by atoms with Crippen molar-refractivity contribution >= 4 is 23.1 Å². The minimum absolute atomic E-state index is 0.107. The molecule has 2 fully saturated rings. The van der Waals surface area contributed by atoms with E-state index in [4.69, 9.17) is 15.2 Å². The van der Waals surface area contributed by atoms with Crippen molar-refractivity contribution < 1.29 is 14.3 Å². The lowest BCUT2D eigenvalue weighted by Crippen LogP contribution is -2.54. The van der Waals surface area contributed by atoms with Gasteiger partial charge in [-0.1, -0.05) is 0 Å². The number of hydrogen-bond acceptors (Lipinski definition) is 8. The van der Waals surface area contributed by atoms with Crippen LogP contribution >= 0.6 is 11.3 Å². The molecule has 1 atom stereocenters. The summed E-state index contributed by atoms with van der Waals surface area (Å²) in [6, 6.07) is 2.20. The molecule has 1 amide bonds. The number of nitrogens with two attached hydrogens (primary N) is 1. The monoisotopic (exact) mass is 429 g/mol. The van der Waals surface area contributed by atoms with Crippen LogP contribution in [0.2, 0.25) is 0 Å². The first-order valence-electron chi connectivity index (χ1n) is 10.5. The van der Waals surface area contributed by atoms with Gasteiger partial charge in [0.25, 0.3) is 5.91 Å². The molecule has 1 spiro atoms. The number of likely N-dealkylation sites (N-methyl/N-ethyl adjacent to an activating group) is 1. The molecule has 0 saturated carbocycles. The fraction of sp³-hybridized carbons (Fsp3) is 0.571. The number of piperidine rings is 1. The number of anilines is 1. The number of aromatic nitrogens is 2. The number of thiophene rings is 1. The number of ether oxygens (including phenoxy) is 2. The van der Waals surface area contributed by atoms with E-state index in [-0.39, 0.29) is 17.6 Å². The lowest BCUT2D eigenvalue weighted by molar-refractivity contribution is -0.156. The third-order valence-electron chi connectivity index (χ3n) is 6.36. The van der Waals surface area contributed by atoms with Gasteiger partial charge in [0, 0.05) is 37.5 Å². The molecule has 2 aromatic rings. The van der Waals surface area contributed by atoms with Crippen molar-refractivity contribution in [2.45, 2.75) is 31.0 Å². The Morgan fingerprint density at radius 3 is 2.80 bits per heavy atom. The van der Waals surface area contributed by atoms with E-state index in [0.717, 1.165) is 36.4 Å². The highest BCUT2D eigenvalue weighted by atomic mass is 32.1. The highest BCUT2D eigenvalue weighted by Gasteiger charge is 2.44. The van der Waals surface area contributed by atoms with Gasteiger partial charge in [0.1, 0.15) is 11.9 Å². The predicted molar refractivity (Wildman–Crippen MR) is 114 cm³/mol. The standard InChI is InChI=1S/C21H27N5O3S/c1-25-7-9-28-16(13-25)20(27)26-5-3-21(4-6-26)14-10-18(30-17(14)2-8-29-21)15-11-24-19(22)12-23-15/h10-12,16H,2-9,13H2,1H3,(H2,22,24). The first kappa shape index (κ1) is 19.9. The minimum atomic E-state index is -0.350. The summed E-state index contributed by atoms with van der Waals surface area (Å²) in [5.41, 5.74) is 7.46. The number of morpholine rings is 1. The molecule has 160 valence electrons. The third-order valence-corrected chi connectivity index (χ3v) is 7.58. The van der Waals surface area contributed by atoms with Crippen LogP contribution in [-0.2, 0) is 26.3 Å². The van der Waals surface area contributed by atoms with Crippen molar-refractivity contribution in [3.05, 3.63) is 28.9 Å². The van der Waals surface area contributed by atoms with Crippen LogP contribution in [0.3, 0.4) is 0 Å². The van der Waals surface area contributed by atoms with E-state index in [1.54, 1.807) is 23.7 Å². The van der Waals surface area contributed by atoms with Gasteiger partial charge in [-0.2, -0.15) is 0 Å². The zero-order valence-electron chi connectivity index (χ0n) is 17.2. The molecule has 0 aromatic carbocycles.